The number of rotatable bonds is 6. The lowest BCUT2D eigenvalue weighted by Crippen LogP contribution is -2.51. The second-order valence-corrected chi connectivity index (χ2v) is 4.42. The largest absolute Gasteiger partial charge is 0.357 e. The van der Waals surface area contributed by atoms with Crippen LogP contribution in [0.3, 0.4) is 0 Å². The number of hydrogen-bond donors (Lipinski definition) is 2. The van der Waals surface area contributed by atoms with Crippen LogP contribution in [-0.2, 0) is 4.79 Å². The van der Waals surface area contributed by atoms with Gasteiger partial charge < -0.3 is 15.5 Å². The van der Waals surface area contributed by atoms with Gasteiger partial charge in [-0.15, -0.1) is 0 Å². The maximum atomic E-state index is 11.9. The zero-order valence-electron chi connectivity index (χ0n) is 11.5. The Morgan fingerprint density at radius 3 is 2.06 bits per heavy atom. The Bertz CT molecular complexity index is 250. The van der Waals surface area contributed by atoms with Gasteiger partial charge in [0.15, 0.2) is 0 Å². The lowest BCUT2D eigenvalue weighted by molar-refractivity contribution is -0.122. The fourth-order valence-electron chi connectivity index (χ4n) is 1.63. The van der Waals surface area contributed by atoms with Gasteiger partial charge >= 0.3 is 6.03 Å². The van der Waals surface area contributed by atoms with Crippen LogP contribution in [0, 0.1) is 5.92 Å². The van der Waals surface area contributed by atoms with Crippen LogP contribution in [-0.4, -0.2) is 43.0 Å². The smallest absolute Gasteiger partial charge is 0.318 e. The topological polar surface area (TPSA) is 61.4 Å². The molecule has 0 aliphatic heterocycles. The average Bonchev–Trinajstić information content (AvgIpc) is 2.28. The van der Waals surface area contributed by atoms with Gasteiger partial charge in [0.05, 0.1) is 0 Å². The molecule has 2 N–H and O–H groups in total. The second-order valence-electron chi connectivity index (χ2n) is 4.42. The molecule has 0 radical (unpaired) electrons. The minimum atomic E-state index is -0.451. The third-order valence-electron chi connectivity index (χ3n) is 2.62. The van der Waals surface area contributed by atoms with Gasteiger partial charge in [0.1, 0.15) is 6.04 Å². The summed E-state index contributed by atoms with van der Waals surface area (Å²) < 4.78 is 0. The maximum absolute atomic E-state index is 11.9. The third-order valence-corrected chi connectivity index (χ3v) is 2.62. The maximum Gasteiger partial charge on any atom is 0.318 e. The molecular weight excluding hydrogens is 218 g/mol. The van der Waals surface area contributed by atoms with Crippen molar-refractivity contribution in [2.45, 2.75) is 40.2 Å². The predicted octanol–water partition coefficient (Wildman–Crippen LogP) is 1.20. The molecule has 3 amide bonds. The first kappa shape index (κ1) is 15.7. The summed E-state index contributed by atoms with van der Waals surface area (Å²) in [4.78, 5) is 25.2. The van der Waals surface area contributed by atoms with Crippen LogP contribution < -0.4 is 10.6 Å². The van der Waals surface area contributed by atoms with Gasteiger partial charge in [-0.3, -0.25) is 4.79 Å². The van der Waals surface area contributed by atoms with Crippen molar-refractivity contribution in [3.63, 3.8) is 0 Å². The molecule has 0 heterocycles. The first-order valence-corrected chi connectivity index (χ1v) is 6.23. The second kappa shape index (κ2) is 7.92. The molecule has 0 aliphatic rings. The van der Waals surface area contributed by atoms with E-state index >= 15 is 0 Å². The molecule has 0 aromatic rings. The first-order chi connectivity index (χ1) is 7.96. The molecule has 1 unspecified atom stereocenters. The summed E-state index contributed by atoms with van der Waals surface area (Å²) in [5.41, 5.74) is 0. The van der Waals surface area contributed by atoms with E-state index in [2.05, 4.69) is 10.6 Å². The van der Waals surface area contributed by atoms with Gasteiger partial charge in [-0.25, -0.2) is 4.79 Å². The van der Waals surface area contributed by atoms with Crippen molar-refractivity contribution in [3.05, 3.63) is 0 Å². The summed E-state index contributed by atoms with van der Waals surface area (Å²) in [7, 11) is 1.58. The van der Waals surface area contributed by atoms with E-state index in [1.165, 1.54) is 0 Å². The van der Waals surface area contributed by atoms with Gasteiger partial charge in [-0.1, -0.05) is 13.8 Å². The molecular formula is C12H25N3O2. The lowest BCUT2D eigenvalue weighted by Gasteiger charge is -2.24. The van der Waals surface area contributed by atoms with Crippen LogP contribution in [0.25, 0.3) is 0 Å². The molecule has 0 fully saturated rings. The fourth-order valence-corrected chi connectivity index (χ4v) is 1.63. The minimum Gasteiger partial charge on any atom is -0.357 e. The zero-order valence-corrected chi connectivity index (χ0v) is 11.5. The average molecular weight is 243 g/mol. The van der Waals surface area contributed by atoms with Gasteiger partial charge in [-0.2, -0.15) is 0 Å². The van der Waals surface area contributed by atoms with Gasteiger partial charge in [0.2, 0.25) is 5.91 Å². The number of carbonyl (C=O) groups excluding carboxylic acids is 2. The van der Waals surface area contributed by atoms with Crippen LogP contribution in [0.15, 0.2) is 0 Å². The highest BCUT2D eigenvalue weighted by molar-refractivity contribution is 5.86. The van der Waals surface area contributed by atoms with Crippen molar-refractivity contribution in [2.24, 2.45) is 5.92 Å². The van der Waals surface area contributed by atoms with Crippen molar-refractivity contribution in [3.8, 4) is 0 Å². The summed E-state index contributed by atoms with van der Waals surface area (Å²) in [5, 5.41) is 5.35. The van der Waals surface area contributed by atoms with Crippen LogP contribution in [0.5, 0.6) is 0 Å². The highest BCUT2D eigenvalue weighted by Gasteiger charge is 2.22. The van der Waals surface area contributed by atoms with E-state index in [0.29, 0.717) is 25.4 Å². The van der Waals surface area contributed by atoms with Crippen LogP contribution >= 0.6 is 0 Å². The summed E-state index contributed by atoms with van der Waals surface area (Å²) >= 11 is 0. The van der Waals surface area contributed by atoms with Gasteiger partial charge in [0, 0.05) is 20.1 Å². The third kappa shape index (κ3) is 5.56. The Hall–Kier alpha value is -1.26. The molecule has 5 nitrogen and oxygen atoms in total. The number of carbonyl (C=O) groups is 2. The van der Waals surface area contributed by atoms with E-state index in [1.807, 2.05) is 27.7 Å². The molecule has 17 heavy (non-hydrogen) atoms. The SMILES string of the molecule is CCN(CC)C(=O)NC(CC(C)C)C(=O)NC. The number of urea groups is 1. The van der Waals surface area contributed by atoms with Crippen molar-refractivity contribution in [2.75, 3.05) is 20.1 Å². The summed E-state index contributed by atoms with van der Waals surface area (Å²) in [6, 6.07) is -0.627. The molecule has 0 spiro atoms. The zero-order chi connectivity index (χ0) is 13.4. The van der Waals surface area contributed by atoms with E-state index in [0.717, 1.165) is 0 Å². The van der Waals surface area contributed by atoms with Gasteiger partial charge in [-0.05, 0) is 26.2 Å². The molecule has 0 bridgehead atoms. The van der Waals surface area contributed by atoms with E-state index in [4.69, 9.17) is 0 Å². The number of nitrogens with zero attached hydrogens (tertiary/aromatic N) is 1. The lowest BCUT2D eigenvalue weighted by atomic mass is 10.0. The molecule has 0 aromatic heterocycles. The highest BCUT2D eigenvalue weighted by Crippen LogP contribution is 2.05. The summed E-state index contributed by atoms with van der Waals surface area (Å²) in [5.74, 6) is 0.216. The van der Waals surface area contributed by atoms with Crippen molar-refractivity contribution >= 4 is 11.9 Å². The number of nitrogens with one attached hydrogen (secondary N) is 2. The standard InChI is InChI=1S/C12H25N3O2/c1-6-15(7-2)12(17)14-10(8-9(3)4)11(16)13-5/h9-10H,6-8H2,1-5H3,(H,13,16)(H,14,17). The van der Waals surface area contributed by atoms with Crippen LogP contribution in [0.2, 0.25) is 0 Å². The van der Waals surface area contributed by atoms with E-state index in [1.54, 1.807) is 11.9 Å². The van der Waals surface area contributed by atoms with Gasteiger partial charge in [0.25, 0.3) is 0 Å². The molecule has 0 rings (SSSR count). The molecule has 0 aromatic carbocycles. The first-order valence-electron chi connectivity index (χ1n) is 6.23. The van der Waals surface area contributed by atoms with Crippen molar-refractivity contribution < 1.29 is 9.59 Å². The quantitative estimate of drug-likeness (QED) is 0.736. The normalized spacial score (nSPS) is 12.1. The number of likely N-dealkylation sites (N-methyl/N-ethyl adjacent to an activating group) is 1. The highest BCUT2D eigenvalue weighted by atomic mass is 16.2. The Labute approximate surface area is 104 Å². The fraction of sp³-hybridized carbons (Fsp3) is 0.833. The molecule has 0 saturated heterocycles. The molecule has 1 atom stereocenters. The van der Waals surface area contributed by atoms with Crippen molar-refractivity contribution in [1.29, 1.82) is 0 Å². The summed E-state index contributed by atoms with van der Waals surface area (Å²) in [6.07, 6.45) is 0.646. The van der Waals surface area contributed by atoms with E-state index in [-0.39, 0.29) is 11.9 Å². The molecule has 0 aliphatic carbocycles. The monoisotopic (exact) mass is 243 g/mol. The van der Waals surface area contributed by atoms with Crippen LogP contribution in [0.1, 0.15) is 34.1 Å². The summed E-state index contributed by atoms with van der Waals surface area (Å²) in [6.45, 7) is 9.18. The van der Waals surface area contributed by atoms with Crippen LogP contribution in [0.4, 0.5) is 4.79 Å². The number of amides is 3. The Kier molecular flexibility index (Phi) is 7.34. The molecule has 5 heteroatoms. The Morgan fingerprint density at radius 1 is 1.18 bits per heavy atom. The molecule has 100 valence electrons. The number of hydrogen-bond acceptors (Lipinski definition) is 2. The minimum absolute atomic E-state index is 0.140. The Balaban J connectivity index is 4.51. The molecule has 0 saturated carbocycles. The van der Waals surface area contributed by atoms with E-state index < -0.39 is 6.04 Å². The van der Waals surface area contributed by atoms with E-state index in [9.17, 15) is 9.59 Å². The van der Waals surface area contributed by atoms with Crippen molar-refractivity contribution in [1.82, 2.24) is 15.5 Å². The predicted molar refractivity (Wildman–Crippen MR) is 68.8 cm³/mol. The Morgan fingerprint density at radius 2 is 1.71 bits per heavy atom.